The van der Waals surface area contributed by atoms with Crippen LogP contribution < -0.4 is 14.9 Å². The molecule has 6 rings (SSSR count). The minimum absolute atomic E-state index is 0.0162. The van der Waals surface area contributed by atoms with Gasteiger partial charge in [-0.15, -0.1) is 4.99 Å². The highest BCUT2D eigenvalue weighted by molar-refractivity contribution is 6.38. The number of fused-ring (bicyclic) bond motifs is 1. The van der Waals surface area contributed by atoms with Gasteiger partial charge in [0.2, 0.25) is 0 Å². The third-order valence-corrected chi connectivity index (χ3v) is 7.76. The molecule has 9 nitrogen and oxygen atoms in total. The van der Waals surface area contributed by atoms with Crippen LogP contribution in [0.4, 0.5) is 17.1 Å². The van der Waals surface area contributed by atoms with E-state index in [2.05, 4.69) is 53.2 Å². The van der Waals surface area contributed by atoms with Crippen molar-refractivity contribution in [3.8, 4) is 0 Å². The minimum atomic E-state index is -0.159. The number of para-hydroxylation sites is 1. The van der Waals surface area contributed by atoms with E-state index in [4.69, 9.17) is 14.8 Å². The van der Waals surface area contributed by atoms with Gasteiger partial charge in [0.15, 0.2) is 11.9 Å². The van der Waals surface area contributed by atoms with Crippen LogP contribution in [0.25, 0.3) is 0 Å². The Morgan fingerprint density at radius 3 is 2.43 bits per heavy atom. The molecule has 0 bridgehead atoms. The number of nitrogens with one attached hydrogen (secondary N) is 1. The summed E-state index contributed by atoms with van der Waals surface area (Å²) in [7, 11) is 0. The molecule has 0 aromatic heterocycles. The van der Waals surface area contributed by atoms with Crippen molar-refractivity contribution in [2.45, 2.75) is 33.1 Å². The molecule has 3 heterocycles. The Hall–Kier alpha value is -4.44. The number of anilines is 2. The first kappa shape index (κ1) is 27.7. The highest BCUT2D eigenvalue weighted by atomic mass is 16.5. The predicted octanol–water partition coefficient (Wildman–Crippen LogP) is 5.84. The molecule has 42 heavy (non-hydrogen) atoms. The van der Waals surface area contributed by atoms with Crippen molar-refractivity contribution in [2.75, 3.05) is 36.6 Å². The number of morpholine rings is 1. The molecular weight excluding hydrogens is 526 g/mol. The van der Waals surface area contributed by atoms with Gasteiger partial charge in [-0.1, -0.05) is 61.8 Å². The Bertz CT molecular complexity index is 1600. The molecule has 1 fully saturated rings. The maximum atomic E-state index is 13.3. The number of hydrazine groups is 1. The number of amides is 1. The van der Waals surface area contributed by atoms with E-state index in [1.807, 2.05) is 73.8 Å². The van der Waals surface area contributed by atoms with Crippen LogP contribution in [0, 0.1) is 6.92 Å². The first-order valence-corrected chi connectivity index (χ1v) is 14.3. The van der Waals surface area contributed by atoms with E-state index in [1.54, 1.807) is 12.4 Å². The van der Waals surface area contributed by atoms with Gasteiger partial charge in [-0.3, -0.25) is 9.79 Å². The van der Waals surface area contributed by atoms with E-state index < -0.39 is 0 Å². The van der Waals surface area contributed by atoms with Crippen molar-refractivity contribution < 1.29 is 9.53 Å². The Kier molecular flexibility index (Phi) is 7.32. The molecule has 0 aliphatic carbocycles. The molecule has 1 N–H and O–H groups in total. The highest BCUT2D eigenvalue weighted by Gasteiger charge is 2.46. The number of carbonyl (C=O) groups is 1. The van der Waals surface area contributed by atoms with Crippen molar-refractivity contribution in [3.63, 3.8) is 0 Å². The summed E-state index contributed by atoms with van der Waals surface area (Å²) in [4.78, 5) is 22.7. The standard InChI is InChI=1S/C33H35N7O2/c1-24-28(35-31(41)25-13-15-26(16-14-25)33(2,3)4)11-8-12-29(24)40-20-17-34-23-30(40)36-32(37-40)39(27-9-6-5-7-10-27)38-18-21-42-22-19-38/h5-17,20,23H,18-19,21-22H2,1-4H3/p+1. The molecule has 214 valence electrons. The van der Waals surface area contributed by atoms with Gasteiger partial charge < -0.3 is 10.1 Å². The van der Waals surface area contributed by atoms with E-state index in [-0.39, 0.29) is 15.9 Å². The van der Waals surface area contributed by atoms with Crippen LogP contribution in [0.3, 0.4) is 0 Å². The third-order valence-electron chi connectivity index (χ3n) is 7.76. The van der Waals surface area contributed by atoms with Crippen molar-refractivity contribution in [1.82, 2.24) is 9.60 Å². The normalized spacial score (nSPS) is 20.1. The summed E-state index contributed by atoms with van der Waals surface area (Å²) in [5.74, 6) is 1.07. The van der Waals surface area contributed by atoms with Crippen LogP contribution in [-0.4, -0.2) is 55.2 Å². The van der Waals surface area contributed by atoms with Crippen LogP contribution in [0.5, 0.6) is 0 Å². The van der Waals surface area contributed by atoms with E-state index in [0.29, 0.717) is 30.6 Å². The Balaban J connectivity index is 1.36. The third kappa shape index (κ3) is 5.18. The number of quaternary nitrogens is 1. The SMILES string of the molecule is Cc1c(NC(=O)c2ccc(C(C)(C)C)cc2)cccc1[N+]12C=CN=CC1=NC(N(c1ccccc1)N1CCOCC1)=N2. The van der Waals surface area contributed by atoms with Crippen molar-refractivity contribution >= 4 is 41.0 Å². The number of nitrogens with zero attached hydrogens (tertiary/aromatic N) is 6. The monoisotopic (exact) mass is 562 g/mol. The molecule has 1 atom stereocenters. The number of hydrogen-bond donors (Lipinski definition) is 1. The molecule has 1 saturated heterocycles. The Morgan fingerprint density at radius 2 is 1.71 bits per heavy atom. The summed E-state index contributed by atoms with van der Waals surface area (Å²) >= 11 is 0. The van der Waals surface area contributed by atoms with Crippen LogP contribution in [0.1, 0.15) is 42.3 Å². The summed E-state index contributed by atoms with van der Waals surface area (Å²) in [5.41, 5.74) is 5.27. The fourth-order valence-corrected chi connectivity index (χ4v) is 5.38. The molecule has 3 aliphatic heterocycles. The van der Waals surface area contributed by atoms with Gasteiger partial charge in [-0.25, -0.2) is 10.0 Å². The number of aliphatic imine (C=N–C) groups is 2. The van der Waals surface area contributed by atoms with Gasteiger partial charge in [0.25, 0.3) is 11.7 Å². The zero-order chi connectivity index (χ0) is 29.3. The first-order valence-electron chi connectivity index (χ1n) is 14.3. The minimum Gasteiger partial charge on any atom is -0.379 e. The Labute approximate surface area is 246 Å². The molecule has 3 aromatic rings. The molecular formula is C33H36N7O2+. The summed E-state index contributed by atoms with van der Waals surface area (Å²) in [6.07, 6.45) is 5.42. The fourth-order valence-electron chi connectivity index (χ4n) is 5.38. The maximum absolute atomic E-state index is 13.3. The number of hydrogen-bond acceptors (Lipinski definition) is 7. The van der Waals surface area contributed by atoms with E-state index >= 15 is 0 Å². The molecule has 9 heteroatoms. The van der Waals surface area contributed by atoms with Crippen molar-refractivity contribution in [2.24, 2.45) is 15.1 Å². The van der Waals surface area contributed by atoms with Crippen LogP contribution in [0.15, 0.2) is 100 Å². The number of rotatable bonds is 5. The molecule has 1 amide bonds. The van der Waals surface area contributed by atoms with Crippen LogP contribution in [-0.2, 0) is 10.2 Å². The molecule has 0 saturated carbocycles. The second-order valence-corrected chi connectivity index (χ2v) is 11.6. The topological polar surface area (TPSA) is 81.9 Å². The number of amidine groups is 1. The molecule has 1 unspecified atom stereocenters. The highest BCUT2D eigenvalue weighted by Crippen LogP contribution is 2.38. The largest absolute Gasteiger partial charge is 0.379 e. The van der Waals surface area contributed by atoms with Gasteiger partial charge in [0.1, 0.15) is 6.21 Å². The summed E-state index contributed by atoms with van der Waals surface area (Å²) in [6, 6.07) is 23.8. The van der Waals surface area contributed by atoms with E-state index in [1.165, 1.54) is 5.56 Å². The van der Waals surface area contributed by atoms with Crippen molar-refractivity contribution in [1.29, 1.82) is 0 Å². The Morgan fingerprint density at radius 1 is 0.976 bits per heavy atom. The zero-order valence-corrected chi connectivity index (χ0v) is 24.5. The summed E-state index contributed by atoms with van der Waals surface area (Å²) in [6.45, 7) is 11.2. The summed E-state index contributed by atoms with van der Waals surface area (Å²) in [5, 5.41) is 12.6. The predicted molar refractivity (Wildman–Crippen MR) is 170 cm³/mol. The second-order valence-electron chi connectivity index (χ2n) is 11.6. The zero-order valence-electron chi connectivity index (χ0n) is 24.5. The molecule has 0 spiro atoms. The van der Waals surface area contributed by atoms with Crippen LogP contribution >= 0.6 is 0 Å². The lowest BCUT2D eigenvalue weighted by molar-refractivity contribution is 0.0392. The maximum Gasteiger partial charge on any atom is 0.305 e. The molecule has 3 aromatic carbocycles. The second kappa shape index (κ2) is 11.1. The quantitative estimate of drug-likeness (QED) is 0.396. The lowest BCUT2D eigenvalue weighted by atomic mass is 9.86. The van der Waals surface area contributed by atoms with Gasteiger partial charge in [0, 0.05) is 36.0 Å². The number of benzene rings is 3. The van der Waals surface area contributed by atoms with Crippen molar-refractivity contribution in [3.05, 3.63) is 102 Å². The first-order chi connectivity index (χ1) is 20.3. The van der Waals surface area contributed by atoms with Crippen LogP contribution in [0.2, 0.25) is 0 Å². The lowest BCUT2D eigenvalue weighted by Gasteiger charge is -2.36. The number of ether oxygens (including phenoxy) is 1. The lowest BCUT2D eigenvalue weighted by Crippen LogP contribution is -2.51. The number of guanidine groups is 1. The average Bonchev–Trinajstić information content (AvgIpc) is 3.39. The van der Waals surface area contributed by atoms with E-state index in [0.717, 1.165) is 35.7 Å². The van der Waals surface area contributed by atoms with Gasteiger partial charge >= 0.3 is 5.96 Å². The number of carbonyl (C=O) groups excluding carboxylic acids is 1. The average molecular weight is 563 g/mol. The molecule has 3 aliphatic rings. The van der Waals surface area contributed by atoms with Gasteiger partial charge in [0.05, 0.1) is 25.1 Å². The van der Waals surface area contributed by atoms with Gasteiger partial charge in [-0.05, 0) is 53.3 Å². The van der Waals surface area contributed by atoms with E-state index in [9.17, 15) is 4.79 Å². The summed E-state index contributed by atoms with van der Waals surface area (Å²) < 4.78 is 5.65. The smallest absolute Gasteiger partial charge is 0.305 e. The van der Waals surface area contributed by atoms with Gasteiger partial charge in [-0.2, -0.15) is 0 Å². The molecule has 0 radical (unpaired) electrons. The fraction of sp³-hybridized carbons (Fsp3) is 0.273.